The highest BCUT2D eigenvalue weighted by Crippen LogP contribution is 2.80. The third kappa shape index (κ3) is 2.53. The Hall–Kier alpha value is -0.433. The first-order valence-electron chi connectivity index (χ1n) is 12.7. The van der Waals surface area contributed by atoms with Gasteiger partial charge in [0.05, 0.1) is 30.3 Å². The Kier molecular flexibility index (Phi) is 4.53. The molecule has 6 heteroatoms. The van der Waals surface area contributed by atoms with Gasteiger partial charge >= 0.3 is 5.97 Å². The molecule has 32 heavy (non-hydrogen) atoms. The van der Waals surface area contributed by atoms with Gasteiger partial charge in [0.2, 0.25) is 0 Å². The van der Waals surface area contributed by atoms with Crippen LogP contribution in [0.5, 0.6) is 0 Å². The summed E-state index contributed by atoms with van der Waals surface area (Å²) in [6.45, 7) is 18.2. The fourth-order valence-corrected chi connectivity index (χ4v) is 10.3. The van der Waals surface area contributed by atoms with E-state index in [1.54, 1.807) is 7.11 Å². The van der Waals surface area contributed by atoms with Crippen molar-refractivity contribution in [3.8, 4) is 0 Å². The van der Waals surface area contributed by atoms with Gasteiger partial charge in [-0.05, 0) is 75.4 Å². The molecule has 1 heterocycles. The fourth-order valence-electron chi connectivity index (χ4n) is 8.62. The molecule has 0 amide bonds. The van der Waals surface area contributed by atoms with Crippen LogP contribution in [0.2, 0.25) is 18.1 Å². The van der Waals surface area contributed by atoms with E-state index < -0.39 is 25.4 Å². The van der Waals surface area contributed by atoms with Crippen molar-refractivity contribution in [2.24, 2.45) is 28.1 Å². The van der Waals surface area contributed by atoms with Crippen molar-refractivity contribution in [2.45, 2.75) is 122 Å². The molecule has 0 radical (unpaired) electrons. The molecule has 4 aliphatic carbocycles. The lowest BCUT2D eigenvalue weighted by Crippen LogP contribution is -2.66. The minimum Gasteiger partial charge on any atom is -0.469 e. The number of hydrogen-bond donors (Lipinski definition) is 1. The Morgan fingerprint density at radius 1 is 1.09 bits per heavy atom. The van der Waals surface area contributed by atoms with Gasteiger partial charge in [0.1, 0.15) is 5.60 Å². The summed E-state index contributed by atoms with van der Waals surface area (Å²) in [6.07, 6.45) is 4.99. The number of rotatable bonds is 3. The summed E-state index contributed by atoms with van der Waals surface area (Å²) in [6, 6.07) is 0. The van der Waals surface area contributed by atoms with Gasteiger partial charge in [-0.1, -0.05) is 34.6 Å². The number of carbonyl (C=O) groups is 1. The average Bonchev–Trinajstić information content (AvgIpc) is 3.53. The zero-order chi connectivity index (χ0) is 23.8. The average molecular weight is 465 g/mol. The number of hydrogen-bond acceptors (Lipinski definition) is 5. The van der Waals surface area contributed by atoms with Crippen LogP contribution in [0, 0.1) is 28.1 Å². The van der Waals surface area contributed by atoms with Crippen LogP contribution in [0.25, 0.3) is 0 Å². The van der Waals surface area contributed by atoms with Crippen molar-refractivity contribution in [3.05, 3.63) is 0 Å². The standard InChI is InChI=1S/C26H44O5Si/c1-21(2,3)32(8,9)31-25-12-13-26(20(28)29-7)16(23(25,5)15-25)10-11-22(4)17(26)14-18-24(6,30-18)19(22)27/h16-19,27H,10-15H2,1-9H3/t16-,17-,18-,19-,22+,23-,24-,25+,26+/m0/s1. The number of carbonyl (C=O) groups excluding carboxylic acids is 1. The Morgan fingerprint density at radius 3 is 2.34 bits per heavy atom. The molecular weight excluding hydrogens is 420 g/mol. The van der Waals surface area contributed by atoms with Crippen molar-refractivity contribution in [1.82, 2.24) is 0 Å². The number of ether oxygens (including phenoxy) is 2. The largest absolute Gasteiger partial charge is 0.469 e. The molecule has 5 fully saturated rings. The maximum atomic E-state index is 13.7. The van der Waals surface area contributed by atoms with Crippen molar-refractivity contribution >= 4 is 14.3 Å². The maximum Gasteiger partial charge on any atom is 0.312 e. The van der Waals surface area contributed by atoms with E-state index in [1.807, 2.05) is 6.92 Å². The number of aliphatic hydroxyl groups is 1. The van der Waals surface area contributed by atoms with Crippen molar-refractivity contribution in [3.63, 3.8) is 0 Å². The van der Waals surface area contributed by atoms with E-state index in [-0.39, 0.29) is 45.4 Å². The molecular formula is C26H44O5Si. The van der Waals surface area contributed by atoms with Crippen LogP contribution in [0.1, 0.15) is 80.1 Å². The van der Waals surface area contributed by atoms with E-state index in [0.717, 1.165) is 38.5 Å². The lowest BCUT2D eigenvalue weighted by atomic mass is 9.41. The molecule has 0 unspecified atom stereocenters. The summed E-state index contributed by atoms with van der Waals surface area (Å²) in [4.78, 5) is 13.7. The lowest BCUT2D eigenvalue weighted by molar-refractivity contribution is -0.210. The SMILES string of the molecule is COC(=O)[C@]12CC[C@@]3(O[Si](C)(C)C(C)(C)C)C[C@@]3(C)[C@@H]1CC[C@@]1(C)[C@H](O)[C@@]3(C)O[C@H]3C[C@@H]12. The van der Waals surface area contributed by atoms with Crippen molar-refractivity contribution in [2.75, 3.05) is 7.11 Å². The zero-order valence-corrected chi connectivity index (χ0v) is 22.6. The first-order valence-corrected chi connectivity index (χ1v) is 15.6. The zero-order valence-electron chi connectivity index (χ0n) is 21.6. The van der Waals surface area contributed by atoms with E-state index in [9.17, 15) is 9.90 Å². The van der Waals surface area contributed by atoms with Crippen molar-refractivity contribution in [1.29, 1.82) is 0 Å². The van der Waals surface area contributed by atoms with Gasteiger partial charge in [-0.25, -0.2) is 0 Å². The quantitative estimate of drug-likeness (QED) is 0.359. The summed E-state index contributed by atoms with van der Waals surface area (Å²) < 4.78 is 18.8. The van der Waals surface area contributed by atoms with Gasteiger partial charge in [-0.2, -0.15) is 0 Å². The summed E-state index contributed by atoms with van der Waals surface area (Å²) in [5.74, 6) is 0.248. The second kappa shape index (κ2) is 6.22. The van der Waals surface area contributed by atoms with Gasteiger partial charge in [0.15, 0.2) is 8.32 Å². The lowest BCUT2D eigenvalue weighted by Gasteiger charge is -2.63. The second-order valence-corrected chi connectivity index (χ2v) is 18.8. The molecule has 182 valence electrons. The molecule has 5 nitrogen and oxygen atoms in total. The highest BCUT2D eigenvalue weighted by Gasteiger charge is 2.82. The summed E-state index contributed by atoms with van der Waals surface area (Å²) in [5, 5.41) is 11.6. The molecule has 1 saturated heterocycles. The first kappa shape index (κ1) is 23.3. The maximum absolute atomic E-state index is 13.7. The predicted molar refractivity (Wildman–Crippen MR) is 126 cm³/mol. The Bertz CT molecular complexity index is 852. The fraction of sp³-hybridized carbons (Fsp3) is 0.962. The number of fused-ring (bicyclic) bond motifs is 6. The van der Waals surface area contributed by atoms with Gasteiger partial charge in [0.25, 0.3) is 0 Å². The first-order chi connectivity index (χ1) is 14.5. The van der Waals surface area contributed by atoms with E-state index in [1.165, 1.54) is 0 Å². The molecule has 5 rings (SSSR count). The molecule has 0 aromatic rings. The van der Waals surface area contributed by atoms with Gasteiger partial charge in [-0.15, -0.1) is 0 Å². The molecule has 5 aliphatic rings. The number of methoxy groups -OCH3 is 1. The van der Waals surface area contributed by atoms with E-state index >= 15 is 0 Å². The molecule has 0 spiro atoms. The number of epoxide rings is 1. The van der Waals surface area contributed by atoms with Crippen LogP contribution in [0.4, 0.5) is 0 Å². The Balaban J connectivity index is 1.54. The van der Waals surface area contributed by atoms with E-state index in [2.05, 4.69) is 47.7 Å². The smallest absolute Gasteiger partial charge is 0.312 e. The highest BCUT2D eigenvalue weighted by molar-refractivity contribution is 6.74. The minimum atomic E-state index is -1.94. The van der Waals surface area contributed by atoms with Crippen LogP contribution in [-0.2, 0) is 18.7 Å². The predicted octanol–water partition coefficient (Wildman–Crippen LogP) is 5.06. The van der Waals surface area contributed by atoms with Crippen LogP contribution >= 0.6 is 0 Å². The van der Waals surface area contributed by atoms with Crippen molar-refractivity contribution < 1.29 is 23.8 Å². The normalized spacial score (nSPS) is 53.9. The van der Waals surface area contributed by atoms with E-state index in [4.69, 9.17) is 13.9 Å². The van der Waals surface area contributed by atoms with Crippen LogP contribution in [0.15, 0.2) is 0 Å². The molecule has 0 bridgehead atoms. The number of esters is 1. The third-order valence-corrected chi connectivity index (χ3v) is 16.2. The second-order valence-electron chi connectivity index (χ2n) is 14.1. The van der Waals surface area contributed by atoms with Gasteiger partial charge in [0, 0.05) is 10.8 Å². The monoisotopic (exact) mass is 464 g/mol. The van der Waals surface area contributed by atoms with Crippen LogP contribution in [-0.4, -0.2) is 49.9 Å². The topological polar surface area (TPSA) is 68.3 Å². The summed E-state index contributed by atoms with van der Waals surface area (Å²) in [7, 11) is -0.395. The van der Waals surface area contributed by atoms with Crippen LogP contribution in [0.3, 0.4) is 0 Å². The molecule has 0 aromatic carbocycles. The Labute approximate surface area is 195 Å². The summed E-state index contributed by atoms with van der Waals surface area (Å²) >= 11 is 0. The van der Waals surface area contributed by atoms with Gasteiger partial charge < -0.3 is 19.0 Å². The van der Waals surface area contributed by atoms with Gasteiger partial charge in [-0.3, -0.25) is 4.79 Å². The molecule has 4 saturated carbocycles. The van der Waals surface area contributed by atoms with Crippen LogP contribution < -0.4 is 0 Å². The Morgan fingerprint density at radius 2 is 1.75 bits per heavy atom. The third-order valence-electron chi connectivity index (χ3n) is 11.7. The van der Waals surface area contributed by atoms with E-state index in [0.29, 0.717) is 0 Å². The molecule has 0 aromatic heterocycles. The minimum absolute atomic E-state index is 0.00754. The molecule has 9 atom stereocenters. The molecule has 1 aliphatic heterocycles. The highest BCUT2D eigenvalue weighted by atomic mass is 28.4. The molecule has 1 N–H and O–H groups in total. The summed E-state index contributed by atoms with van der Waals surface area (Å²) in [5.41, 5.74) is -1.43. The number of aliphatic hydroxyl groups excluding tert-OH is 1.